The van der Waals surface area contributed by atoms with E-state index in [4.69, 9.17) is 44.9 Å². The molecule has 1 amide bonds. The van der Waals surface area contributed by atoms with Crippen LogP contribution in [0.15, 0.2) is 36.4 Å². The SMILES string of the molecule is COc1ccc([N+](=O)[O-])cc1NC(=S)NC(=O)C(C)Oc1ccc(Cl)cc1Cl. The summed E-state index contributed by atoms with van der Waals surface area (Å²) in [6.07, 6.45) is -0.926. The molecule has 0 aromatic heterocycles. The van der Waals surface area contributed by atoms with Gasteiger partial charge in [-0.25, -0.2) is 0 Å². The van der Waals surface area contributed by atoms with Crippen molar-refractivity contribution in [2.45, 2.75) is 13.0 Å². The summed E-state index contributed by atoms with van der Waals surface area (Å²) in [4.78, 5) is 22.7. The standard InChI is InChI=1S/C17H15Cl2N3O5S/c1-9(27-14-5-3-10(18)7-12(14)19)16(23)21-17(28)20-13-8-11(22(24)25)4-6-15(13)26-2/h3-9H,1-2H3,(H2,20,21,23,28). The number of nitro groups is 1. The highest BCUT2D eigenvalue weighted by molar-refractivity contribution is 7.80. The van der Waals surface area contributed by atoms with Gasteiger partial charge in [0.1, 0.15) is 11.5 Å². The first-order valence-electron chi connectivity index (χ1n) is 7.77. The fourth-order valence-electron chi connectivity index (χ4n) is 2.09. The van der Waals surface area contributed by atoms with E-state index in [1.54, 1.807) is 12.1 Å². The number of rotatable bonds is 6. The number of nitro benzene ring substituents is 1. The zero-order valence-electron chi connectivity index (χ0n) is 14.7. The number of anilines is 1. The molecule has 0 radical (unpaired) electrons. The van der Waals surface area contributed by atoms with E-state index in [0.29, 0.717) is 10.8 Å². The monoisotopic (exact) mass is 443 g/mol. The molecule has 0 saturated heterocycles. The second-order valence-corrected chi connectivity index (χ2v) is 6.67. The molecule has 0 heterocycles. The van der Waals surface area contributed by atoms with Crippen molar-refractivity contribution < 1.29 is 19.2 Å². The Hall–Kier alpha value is -2.62. The summed E-state index contributed by atoms with van der Waals surface area (Å²) in [5.74, 6) is 0.0558. The minimum absolute atomic E-state index is 0.0820. The second-order valence-electron chi connectivity index (χ2n) is 5.42. The van der Waals surface area contributed by atoms with Gasteiger partial charge in [0.2, 0.25) is 0 Å². The van der Waals surface area contributed by atoms with Crippen molar-refractivity contribution in [1.29, 1.82) is 0 Å². The Balaban J connectivity index is 2.03. The van der Waals surface area contributed by atoms with Crippen LogP contribution in [0.2, 0.25) is 10.0 Å². The van der Waals surface area contributed by atoms with Crippen molar-refractivity contribution in [2.24, 2.45) is 0 Å². The van der Waals surface area contributed by atoms with Crippen LogP contribution in [0.4, 0.5) is 11.4 Å². The Labute approximate surface area is 175 Å². The number of thiocarbonyl (C=S) groups is 1. The largest absolute Gasteiger partial charge is 0.495 e. The third kappa shape index (κ3) is 5.69. The molecule has 28 heavy (non-hydrogen) atoms. The number of hydrogen-bond acceptors (Lipinski definition) is 6. The molecule has 2 N–H and O–H groups in total. The Morgan fingerprint density at radius 2 is 1.89 bits per heavy atom. The molecule has 0 aliphatic rings. The summed E-state index contributed by atoms with van der Waals surface area (Å²) < 4.78 is 10.6. The van der Waals surface area contributed by atoms with E-state index in [2.05, 4.69) is 10.6 Å². The second kappa shape index (κ2) is 9.54. The number of nitrogens with one attached hydrogen (secondary N) is 2. The van der Waals surface area contributed by atoms with Gasteiger partial charge in [0, 0.05) is 17.2 Å². The molecule has 0 bridgehead atoms. The molecule has 11 heteroatoms. The number of non-ortho nitro benzene ring substituents is 1. The van der Waals surface area contributed by atoms with Gasteiger partial charge in [-0.2, -0.15) is 0 Å². The first-order chi connectivity index (χ1) is 13.2. The van der Waals surface area contributed by atoms with E-state index in [1.807, 2.05) is 0 Å². The zero-order valence-corrected chi connectivity index (χ0v) is 17.0. The summed E-state index contributed by atoms with van der Waals surface area (Å²) in [6, 6.07) is 8.55. The quantitative estimate of drug-likeness (QED) is 0.391. The van der Waals surface area contributed by atoms with Gasteiger partial charge in [0.15, 0.2) is 11.2 Å². The maximum atomic E-state index is 12.3. The van der Waals surface area contributed by atoms with Crippen LogP contribution in [0.1, 0.15) is 6.92 Å². The Kier molecular flexibility index (Phi) is 7.38. The van der Waals surface area contributed by atoms with Crippen LogP contribution in [-0.4, -0.2) is 29.2 Å². The maximum Gasteiger partial charge on any atom is 0.271 e. The van der Waals surface area contributed by atoms with Gasteiger partial charge in [0.25, 0.3) is 11.6 Å². The van der Waals surface area contributed by atoms with E-state index in [1.165, 1.54) is 38.3 Å². The van der Waals surface area contributed by atoms with Gasteiger partial charge in [-0.05, 0) is 43.4 Å². The molecule has 2 aromatic rings. The van der Waals surface area contributed by atoms with E-state index in [0.717, 1.165) is 0 Å². The van der Waals surface area contributed by atoms with Crippen molar-refractivity contribution in [3.8, 4) is 11.5 Å². The molecule has 1 unspecified atom stereocenters. The first-order valence-corrected chi connectivity index (χ1v) is 8.93. The Morgan fingerprint density at radius 3 is 2.50 bits per heavy atom. The highest BCUT2D eigenvalue weighted by Crippen LogP contribution is 2.29. The predicted octanol–water partition coefficient (Wildman–Crippen LogP) is 4.19. The van der Waals surface area contributed by atoms with Crippen LogP contribution in [0, 0.1) is 10.1 Å². The van der Waals surface area contributed by atoms with Gasteiger partial charge in [0.05, 0.1) is 22.7 Å². The Bertz CT molecular complexity index is 926. The molecule has 0 aliphatic carbocycles. The van der Waals surface area contributed by atoms with Crippen LogP contribution in [0.25, 0.3) is 0 Å². The molecule has 2 rings (SSSR count). The van der Waals surface area contributed by atoms with Crippen molar-refractivity contribution in [1.82, 2.24) is 5.32 Å². The van der Waals surface area contributed by atoms with Crippen LogP contribution in [0.5, 0.6) is 11.5 Å². The molecule has 0 fully saturated rings. The number of carbonyl (C=O) groups excluding carboxylic acids is 1. The Morgan fingerprint density at radius 1 is 1.21 bits per heavy atom. The zero-order chi connectivity index (χ0) is 20.8. The fraction of sp³-hybridized carbons (Fsp3) is 0.176. The smallest absolute Gasteiger partial charge is 0.271 e. The van der Waals surface area contributed by atoms with Gasteiger partial charge in [-0.3, -0.25) is 20.2 Å². The van der Waals surface area contributed by atoms with Gasteiger partial charge >= 0.3 is 0 Å². The van der Waals surface area contributed by atoms with Gasteiger partial charge in [-0.1, -0.05) is 23.2 Å². The van der Waals surface area contributed by atoms with Gasteiger partial charge in [-0.15, -0.1) is 0 Å². The number of halogens is 2. The van der Waals surface area contributed by atoms with E-state index >= 15 is 0 Å². The van der Waals surface area contributed by atoms with Crippen LogP contribution >= 0.6 is 35.4 Å². The van der Waals surface area contributed by atoms with E-state index in [-0.39, 0.29) is 27.3 Å². The molecule has 0 saturated carbocycles. The fourth-order valence-corrected chi connectivity index (χ4v) is 2.75. The van der Waals surface area contributed by atoms with E-state index < -0.39 is 16.9 Å². The normalized spacial score (nSPS) is 11.3. The summed E-state index contributed by atoms with van der Waals surface area (Å²) in [5, 5.41) is 16.7. The lowest BCUT2D eigenvalue weighted by atomic mass is 10.2. The molecule has 0 aliphatic heterocycles. The number of hydrogen-bond donors (Lipinski definition) is 2. The van der Waals surface area contributed by atoms with Crippen LogP contribution < -0.4 is 20.1 Å². The molecule has 0 spiro atoms. The summed E-state index contributed by atoms with van der Waals surface area (Å²) in [5.41, 5.74) is 0.0721. The number of amides is 1. The molecule has 148 valence electrons. The first kappa shape index (κ1) is 21.7. The molecule has 8 nitrogen and oxygen atoms in total. The minimum atomic E-state index is -0.926. The molecular weight excluding hydrogens is 429 g/mol. The van der Waals surface area contributed by atoms with Crippen molar-refractivity contribution in [3.63, 3.8) is 0 Å². The van der Waals surface area contributed by atoms with Crippen molar-refractivity contribution in [3.05, 3.63) is 56.6 Å². The lowest BCUT2D eigenvalue weighted by molar-refractivity contribution is -0.384. The van der Waals surface area contributed by atoms with Crippen molar-refractivity contribution >= 4 is 57.8 Å². The number of ether oxygens (including phenoxy) is 2. The van der Waals surface area contributed by atoms with Crippen LogP contribution in [-0.2, 0) is 4.79 Å². The number of nitrogens with zero attached hydrogens (tertiary/aromatic N) is 1. The average molecular weight is 444 g/mol. The van der Waals surface area contributed by atoms with Crippen molar-refractivity contribution in [2.75, 3.05) is 12.4 Å². The lowest BCUT2D eigenvalue weighted by Gasteiger charge is -2.17. The minimum Gasteiger partial charge on any atom is -0.495 e. The highest BCUT2D eigenvalue weighted by atomic mass is 35.5. The van der Waals surface area contributed by atoms with Crippen LogP contribution in [0.3, 0.4) is 0 Å². The number of carbonyl (C=O) groups is 1. The topological polar surface area (TPSA) is 103 Å². The average Bonchev–Trinajstić information content (AvgIpc) is 2.63. The lowest BCUT2D eigenvalue weighted by Crippen LogP contribution is -2.42. The summed E-state index contributed by atoms with van der Waals surface area (Å²) in [6.45, 7) is 1.51. The maximum absolute atomic E-state index is 12.3. The highest BCUT2D eigenvalue weighted by Gasteiger charge is 2.19. The molecule has 1 atom stereocenters. The molecular formula is C17H15Cl2N3O5S. The van der Waals surface area contributed by atoms with E-state index in [9.17, 15) is 14.9 Å². The molecule has 2 aromatic carbocycles. The van der Waals surface area contributed by atoms with Gasteiger partial charge < -0.3 is 14.8 Å². The number of benzene rings is 2. The summed E-state index contributed by atoms with van der Waals surface area (Å²) >= 11 is 16.9. The third-order valence-electron chi connectivity index (χ3n) is 3.45. The summed E-state index contributed by atoms with van der Waals surface area (Å²) in [7, 11) is 1.40. The number of methoxy groups -OCH3 is 1. The third-order valence-corrected chi connectivity index (χ3v) is 4.18. The predicted molar refractivity (Wildman–Crippen MR) is 111 cm³/mol.